The van der Waals surface area contributed by atoms with E-state index in [0.717, 1.165) is 23.0 Å². The third-order valence-electron chi connectivity index (χ3n) is 2.53. The molecule has 0 radical (unpaired) electrons. The van der Waals surface area contributed by atoms with Crippen LogP contribution in [-0.4, -0.2) is 6.54 Å². The first-order valence-corrected chi connectivity index (χ1v) is 5.02. The number of hydrogen-bond donors (Lipinski definition) is 2. The summed E-state index contributed by atoms with van der Waals surface area (Å²) in [6, 6.07) is 6.15. The molecule has 74 valence electrons. The summed E-state index contributed by atoms with van der Waals surface area (Å²) in [6.45, 7) is 2.87. The van der Waals surface area contributed by atoms with E-state index in [2.05, 4.69) is 11.4 Å². The summed E-state index contributed by atoms with van der Waals surface area (Å²) in [7, 11) is 0. The minimum absolute atomic E-state index is 0.355. The Kier molecular flexibility index (Phi) is 2.38. The number of benzene rings is 1. The van der Waals surface area contributed by atoms with Gasteiger partial charge < -0.3 is 11.1 Å². The van der Waals surface area contributed by atoms with Gasteiger partial charge in [0.1, 0.15) is 0 Å². The van der Waals surface area contributed by atoms with E-state index >= 15 is 0 Å². The lowest BCUT2D eigenvalue weighted by atomic mass is 9.99. The maximum absolute atomic E-state index is 6.06. The summed E-state index contributed by atoms with van der Waals surface area (Å²) < 4.78 is 0. The second-order valence-electron chi connectivity index (χ2n) is 3.62. The van der Waals surface area contributed by atoms with Crippen LogP contribution in [0, 0.1) is 6.92 Å². The Balaban J connectivity index is 2.29. The first-order valence-electron chi connectivity index (χ1n) is 4.64. The molecule has 1 atom stereocenters. The molecule has 3 heteroatoms. The van der Waals surface area contributed by atoms with Crippen LogP contribution < -0.4 is 11.1 Å². The Hall–Kier alpha value is -1.15. The Bertz CT molecular complexity index is 385. The van der Waals surface area contributed by atoms with Crippen LogP contribution in [0.4, 0.5) is 0 Å². The molecule has 0 saturated carbocycles. The molecular weight excluding hydrogens is 196 g/mol. The lowest BCUT2D eigenvalue weighted by Gasteiger charge is -2.08. The molecule has 14 heavy (non-hydrogen) atoms. The smallest absolute Gasteiger partial charge is 0.0926 e. The zero-order valence-electron chi connectivity index (χ0n) is 8.05. The van der Waals surface area contributed by atoms with E-state index in [1.165, 1.54) is 5.56 Å². The Morgan fingerprint density at radius 2 is 2.29 bits per heavy atom. The zero-order chi connectivity index (χ0) is 10.1. The molecule has 1 aliphatic heterocycles. The van der Waals surface area contributed by atoms with E-state index in [1.54, 1.807) is 0 Å². The number of rotatable bonds is 1. The van der Waals surface area contributed by atoms with E-state index in [0.29, 0.717) is 5.92 Å². The fourth-order valence-electron chi connectivity index (χ4n) is 1.62. The van der Waals surface area contributed by atoms with Crippen molar-refractivity contribution in [3.8, 4) is 0 Å². The molecule has 3 N–H and O–H groups in total. The highest BCUT2D eigenvalue weighted by Gasteiger charge is 2.15. The predicted octanol–water partition coefficient (Wildman–Crippen LogP) is 2.14. The van der Waals surface area contributed by atoms with E-state index in [9.17, 15) is 0 Å². The average Bonchev–Trinajstić information content (AvgIpc) is 2.57. The van der Waals surface area contributed by atoms with Crippen molar-refractivity contribution in [3.63, 3.8) is 0 Å². The van der Waals surface area contributed by atoms with Gasteiger partial charge in [-0.05, 0) is 30.2 Å². The normalized spacial score (nSPS) is 20.4. The molecule has 1 aromatic rings. The van der Waals surface area contributed by atoms with Gasteiger partial charge in [0.25, 0.3) is 0 Å². The number of nitrogens with two attached hydrogens (primary N) is 1. The summed E-state index contributed by atoms with van der Waals surface area (Å²) >= 11 is 6.06. The summed E-state index contributed by atoms with van der Waals surface area (Å²) in [5.41, 5.74) is 7.97. The Morgan fingerprint density at radius 3 is 2.86 bits per heavy atom. The largest absolute Gasteiger partial charge is 0.386 e. The van der Waals surface area contributed by atoms with Gasteiger partial charge in [0.2, 0.25) is 0 Å². The number of aryl methyl sites for hydroxylation is 1. The van der Waals surface area contributed by atoms with E-state index in [4.69, 9.17) is 17.3 Å². The van der Waals surface area contributed by atoms with Crippen LogP contribution in [0.2, 0.25) is 5.02 Å². The second-order valence-corrected chi connectivity index (χ2v) is 4.03. The van der Waals surface area contributed by atoms with Crippen molar-refractivity contribution in [3.05, 3.63) is 46.2 Å². The summed E-state index contributed by atoms with van der Waals surface area (Å²) in [5, 5.41) is 3.92. The van der Waals surface area contributed by atoms with E-state index in [-0.39, 0.29) is 0 Å². The highest BCUT2D eigenvalue weighted by atomic mass is 35.5. The highest BCUT2D eigenvalue weighted by Crippen LogP contribution is 2.25. The maximum Gasteiger partial charge on any atom is 0.0926 e. The molecule has 1 aromatic carbocycles. The quantitative estimate of drug-likeness (QED) is 0.742. The predicted molar refractivity (Wildman–Crippen MR) is 59.2 cm³/mol. The van der Waals surface area contributed by atoms with Gasteiger partial charge in [-0.2, -0.15) is 0 Å². The Morgan fingerprint density at radius 1 is 1.50 bits per heavy atom. The van der Waals surface area contributed by atoms with Gasteiger partial charge >= 0.3 is 0 Å². The topological polar surface area (TPSA) is 38.0 Å². The van der Waals surface area contributed by atoms with E-state index < -0.39 is 0 Å². The van der Waals surface area contributed by atoms with Crippen molar-refractivity contribution in [1.82, 2.24) is 5.32 Å². The van der Waals surface area contributed by atoms with Crippen LogP contribution >= 0.6 is 11.6 Å². The monoisotopic (exact) mass is 208 g/mol. The molecule has 2 rings (SSSR count). The van der Waals surface area contributed by atoms with Crippen LogP contribution in [0.15, 0.2) is 30.1 Å². The van der Waals surface area contributed by atoms with Crippen molar-refractivity contribution < 1.29 is 0 Å². The van der Waals surface area contributed by atoms with E-state index in [1.807, 2.05) is 25.1 Å². The van der Waals surface area contributed by atoms with Crippen LogP contribution in [0.1, 0.15) is 17.0 Å². The molecule has 0 fully saturated rings. The van der Waals surface area contributed by atoms with Gasteiger partial charge in [-0.3, -0.25) is 0 Å². The van der Waals surface area contributed by atoms with Crippen LogP contribution in [0.3, 0.4) is 0 Å². The Labute approximate surface area is 88.8 Å². The van der Waals surface area contributed by atoms with Gasteiger partial charge in [-0.1, -0.05) is 23.7 Å². The molecule has 2 nitrogen and oxygen atoms in total. The zero-order valence-corrected chi connectivity index (χ0v) is 8.81. The average molecular weight is 209 g/mol. The molecule has 0 spiro atoms. The maximum atomic E-state index is 6.06. The van der Waals surface area contributed by atoms with Crippen molar-refractivity contribution in [2.45, 2.75) is 12.8 Å². The van der Waals surface area contributed by atoms with Gasteiger partial charge in [0, 0.05) is 17.5 Å². The fraction of sp³-hybridized carbons (Fsp3) is 0.273. The highest BCUT2D eigenvalue weighted by molar-refractivity contribution is 6.31. The number of hydrogen-bond acceptors (Lipinski definition) is 2. The van der Waals surface area contributed by atoms with Crippen molar-refractivity contribution in [1.29, 1.82) is 0 Å². The third kappa shape index (κ3) is 1.70. The molecule has 0 aromatic heterocycles. The molecule has 0 unspecified atom stereocenters. The minimum atomic E-state index is 0.355. The molecule has 0 saturated heterocycles. The lowest BCUT2D eigenvalue weighted by molar-refractivity contribution is 0.791. The van der Waals surface area contributed by atoms with Crippen molar-refractivity contribution >= 4 is 11.6 Å². The van der Waals surface area contributed by atoms with Gasteiger partial charge in [-0.25, -0.2) is 0 Å². The molecule has 0 bridgehead atoms. The van der Waals surface area contributed by atoms with Crippen LogP contribution in [0.5, 0.6) is 0 Å². The standard InChI is InChI=1S/C11H13ClN2/c1-7-2-3-8(4-10(7)12)9-5-11(13)14-6-9/h2-5,9,14H,6,13H2,1H3/t9-/m1/s1. The molecule has 0 aliphatic carbocycles. The van der Waals surface area contributed by atoms with Crippen LogP contribution in [0.25, 0.3) is 0 Å². The SMILES string of the molecule is Cc1ccc([C@@H]2C=C(N)NC2)cc1Cl. The summed E-state index contributed by atoms with van der Waals surface area (Å²) in [4.78, 5) is 0. The summed E-state index contributed by atoms with van der Waals surface area (Å²) in [6.07, 6.45) is 2.03. The first-order chi connectivity index (χ1) is 6.66. The van der Waals surface area contributed by atoms with Crippen molar-refractivity contribution in [2.24, 2.45) is 5.73 Å². The fourth-order valence-corrected chi connectivity index (χ4v) is 1.81. The second kappa shape index (κ2) is 3.54. The lowest BCUT2D eigenvalue weighted by Crippen LogP contribution is -2.15. The molecule has 1 heterocycles. The summed E-state index contributed by atoms with van der Waals surface area (Å²) in [5.74, 6) is 1.11. The van der Waals surface area contributed by atoms with Gasteiger partial charge in [0.05, 0.1) is 5.82 Å². The molecule has 1 aliphatic rings. The van der Waals surface area contributed by atoms with Crippen LogP contribution in [-0.2, 0) is 0 Å². The third-order valence-corrected chi connectivity index (χ3v) is 2.94. The molecule has 0 amide bonds. The first kappa shape index (κ1) is 9.41. The van der Waals surface area contributed by atoms with Gasteiger partial charge in [0.15, 0.2) is 0 Å². The van der Waals surface area contributed by atoms with Gasteiger partial charge in [-0.15, -0.1) is 0 Å². The number of nitrogens with one attached hydrogen (secondary N) is 1. The molecular formula is C11H13ClN2. The number of halogens is 1. The van der Waals surface area contributed by atoms with Crippen molar-refractivity contribution in [2.75, 3.05) is 6.54 Å². The minimum Gasteiger partial charge on any atom is -0.386 e.